The molecule has 72 valence electrons. The van der Waals surface area contributed by atoms with E-state index in [9.17, 15) is 4.79 Å². The second-order valence-corrected chi connectivity index (χ2v) is 3.31. The van der Waals surface area contributed by atoms with Gasteiger partial charge in [0.05, 0.1) is 6.04 Å². The molecule has 1 heterocycles. The first-order valence-corrected chi connectivity index (χ1v) is 4.43. The summed E-state index contributed by atoms with van der Waals surface area (Å²) in [6.07, 6.45) is 0. The zero-order chi connectivity index (χ0) is 9.84. The molecule has 13 heavy (non-hydrogen) atoms. The molecule has 0 spiro atoms. The Labute approximate surface area is 78.4 Å². The predicted molar refractivity (Wildman–Crippen MR) is 48.7 cm³/mol. The van der Waals surface area contributed by atoms with E-state index in [0.717, 1.165) is 0 Å². The van der Waals surface area contributed by atoms with Crippen LogP contribution in [-0.2, 0) is 4.79 Å². The summed E-state index contributed by atoms with van der Waals surface area (Å²) in [6.45, 7) is 0. The summed E-state index contributed by atoms with van der Waals surface area (Å²) < 4.78 is 0. The molecule has 0 aromatic carbocycles. The van der Waals surface area contributed by atoms with Crippen molar-refractivity contribution in [1.82, 2.24) is 15.2 Å². The predicted octanol–water partition coefficient (Wildman–Crippen LogP) is -1.71. The van der Waals surface area contributed by atoms with Gasteiger partial charge in [-0.2, -0.15) is 4.98 Å². The van der Waals surface area contributed by atoms with Crippen LogP contribution in [-0.4, -0.2) is 32.9 Å². The highest BCUT2D eigenvalue weighted by Crippen LogP contribution is 2.12. The Morgan fingerprint density at radius 1 is 1.69 bits per heavy atom. The molecular formula is C5H10N6OS. The van der Waals surface area contributed by atoms with Crippen LogP contribution in [0.3, 0.4) is 0 Å². The molecule has 1 aromatic rings. The largest absolute Gasteiger partial charge is 0.368 e. The number of nitrogens with two attached hydrogens (primary N) is 3. The van der Waals surface area contributed by atoms with Gasteiger partial charge in [-0.15, -0.1) is 5.10 Å². The lowest BCUT2D eigenvalue weighted by Gasteiger charge is -2.03. The molecule has 0 saturated carbocycles. The van der Waals surface area contributed by atoms with E-state index in [1.54, 1.807) is 0 Å². The first kappa shape index (κ1) is 9.81. The van der Waals surface area contributed by atoms with Crippen molar-refractivity contribution >= 4 is 23.6 Å². The van der Waals surface area contributed by atoms with Crippen molar-refractivity contribution < 1.29 is 4.79 Å². The first-order chi connectivity index (χ1) is 6.09. The third-order valence-electron chi connectivity index (χ3n) is 1.24. The van der Waals surface area contributed by atoms with Crippen molar-refractivity contribution in [2.75, 3.05) is 11.5 Å². The standard InChI is InChI=1S/C5H10N6OS/c6-2(3(7)12)1-13-5-9-4(8)10-11-5/h2H,1,6H2,(H2,7,12)(H3,8,9,10,11). The zero-order valence-corrected chi connectivity index (χ0v) is 7.54. The van der Waals surface area contributed by atoms with Gasteiger partial charge in [-0.1, -0.05) is 11.8 Å². The molecule has 1 rings (SSSR count). The molecule has 1 unspecified atom stereocenters. The van der Waals surface area contributed by atoms with E-state index < -0.39 is 11.9 Å². The minimum Gasteiger partial charge on any atom is -0.368 e. The SMILES string of the molecule is NC(=O)C(N)CSc1n[nH]c(N)n1. The van der Waals surface area contributed by atoms with Gasteiger partial charge in [-0.05, 0) is 0 Å². The number of carbonyl (C=O) groups is 1. The van der Waals surface area contributed by atoms with Crippen LogP contribution in [0.2, 0.25) is 0 Å². The number of nitrogens with one attached hydrogen (secondary N) is 1. The third-order valence-corrected chi connectivity index (χ3v) is 2.21. The number of H-pyrrole nitrogens is 1. The van der Waals surface area contributed by atoms with Crippen molar-refractivity contribution in [2.24, 2.45) is 11.5 Å². The van der Waals surface area contributed by atoms with Crippen LogP contribution in [0.5, 0.6) is 0 Å². The molecule has 0 aliphatic heterocycles. The molecule has 0 aliphatic rings. The Kier molecular flexibility index (Phi) is 3.09. The molecule has 1 aromatic heterocycles. The van der Waals surface area contributed by atoms with E-state index in [-0.39, 0.29) is 5.95 Å². The number of nitrogens with zero attached hydrogens (tertiary/aromatic N) is 2. The summed E-state index contributed by atoms with van der Waals surface area (Å²) in [4.78, 5) is 14.3. The number of carbonyl (C=O) groups excluding carboxylic acids is 1. The zero-order valence-electron chi connectivity index (χ0n) is 6.73. The Morgan fingerprint density at radius 2 is 2.38 bits per heavy atom. The minimum absolute atomic E-state index is 0.232. The number of thioether (sulfide) groups is 1. The number of amides is 1. The molecule has 1 amide bonds. The lowest BCUT2D eigenvalue weighted by molar-refractivity contribution is -0.118. The molecule has 0 radical (unpaired) electrons. The van der Waals surface area contributed by atoms with Crippen LogP contribution >= 0.6 is 11.8 Å². The summed E-state index contributed by atoms with van der Waals surface area (Å²) in [7, 11) is 0. The average molecular weight is 202 g/mol. The fourth-order valence-electron chi connectivity index (χ4n) is 0.569. The van der Waals surface area contributed by atoms with Crippen LogP contribution in [0.25, 0.3) is 0 Å². The second-order valence-electron chi connectivity index (χ2n) is 2.32. The Balaban J connectivity index is 2.39. The van der Waals surface area contributed by atoms with Crippen molar-refractivity contribution in [2.45, 2.75) is 11.2 Å². The maximum Gasteiger partial charge on any atom is 0.235 e. The Bertz CT molecular complexity index is 299. The number of aromatic amines is 1. The van der Waals surface area contributed by atoms with Gasteiger partial charge in [0.1, 0.15) is 0 Å². The third kappa shape index (κ3) is 2.92. The summed E-state index contributed by atoms with van der Waals surface area (Å²) in [5, 5.41) is 6.65. The Morgan fingerprint density at radius 3 is 2.85 bits per heavy atom. The second kappa shape index (κ2) is 4.10. The normalized spacial score (nSPS) is 12.7. The maximum absolute atomic E-state index is 10.5. The highest BCUT2D eigenvalue weighted by atomic mass is 32.2. The molecule has 0 fully saturated rings. The van der Waals surface area contributed by atoms with Crippen LogP contribution < -0.4 is 17.2 Å². The van der Waals surface area contributed by atoms with Gasteiger partial charge in [0.2, 0.25) is 17.0 Å². The van der Waals surface area contributed by atoms with Gasteiger partial charge in [-0.25, -0.2) is 5.10 Å². The molecule has 7 nitrogen and oxygen atoms in total. The van der Waals surface area contributed by atoms with E-state index in [1.165, 1.54) is 11.8 Å². The van der Waals surface area contributed by atoms with Gasteiger partial charge in [-0.3, -0.25) is 4.79 Å². The van der Waals surface area contributed by atoms with E-state index in [0.29, 0.717) is 10.9 Å². The molecule has 1 atom stereocenters. The number of aromatic nitrogens is 3. The van der Waals surface area contributed by atoms with E-state index in [4.69, 9.17) is 17.2 Å². The molecule has 7 N–H and O–H groups in total. The summed E-state index contributed by atoms with van der Waals surface area (Å²) in [5.74, 6) is 0.0262. The van der Waals surface area contributed by atoms with Gasteiger partial charge >= 0.3 is 0 Å². The monoisotopic (exact) mass is 202 g/mol. The summed E-state index contributed by atoms with van der Waals surface area (Å²) in [6, 6.07) is -0.690. The number of hydrogen-bond donors (Lipinski definition) is 4. The molecular weight excluding hydrogens is 192 g/mol. The van der Waals surface area contributed by atoms with Crippen molar-refractivity contribution in [3.05, 3.63) is 0 Å². The number of primary amides is 1. The number of hydrogen-bond acceptors (Lipinski definition) is 6. The average Bonchev–Trinajstić information content (AvgIpc) is 2.47. The van der Waals surface area contributed by atoms with Gasteiger partial charge in [0, 0.05) is 5.75 Å². The van der Waals surface area contributed by atoms with Crippen LogP contribution in [0.15, 0.2) is 5.16 Å². The van der Waals surface area contributed by atoms with Crippen molar-refractivity contribution in [3.8, 4) is 0 Å². The highest BCUT2D eigenvalue weighted by molar-refractivity contribution is 7.99. The fraction of sp³-hybridized carbons (Fsp3) is 0.400. The summed E-state index contributed by atoms with van der Waals surface area (Å²) in [5.41, 5.74) is 15.6. The number of rotatable bonds is 4. The highest BCUT2D eigenvalue weighted by Gasteiger charge is 2.11. The van der Waals surface area contributed by atoms with Crippen molar-refractivity contribution in [3.63, 3.8) is 0 Å². The minimum atomic E-state index is -0.690. The summed E-state index contributed by atoms with van der Waals surface area (Å²) >= 11 is 1.22. The quantitative estimate of drug-likeness (QED) is 0.429. The molecule has 0 saturated heterocycles. The van der Waals surface area contributed by atoms with E-state index >= 15 is 0 Å². The van der Waals surface area contributed by atoms with E-state index in [1.807, 2.05) is 0 Å². The smallest absolute Gasteiger partial charge is 0.235 e. The van der Waals surface area contributed by atoms with Gasteiger partial charge in [0.25, 0.3) is 0 Å². The van der Waals surface area contributed by atoms with Gasteiger partial charge in [0.15, 0.2) is 0 Å². The van der Waals surface area contributed by atoms with Gasteiger partial charge < -0.3 is 17.2 Å². The molecule has 0 aliphatic carbocycles. The lowest BCUT2D eigenvalue weighted by atomic mass is 10.3. The van der Waals surface area contributed by atoms with Crippen LogP contribution in [0, 0.1) is 0 Å². The van der Waals surface area contributed by atoms with E-state index in [2.05, 4.69) is 15.2 Å². The van der Waals surface area contributed by atoms with Crippen LogP contribution in [0.1, 0.15) is 0 Å². The molecule has 8 heteroatoms. The Hall–Kier alpha value is -1.28. The molecule has 0 bridgehead atoms. The van der Waals surface area contributed by atoms with Crippen LogP contribution in [0.4, 0.5) is 5.95 Å². The number of nitrogen functional groups attached to an aromatic ring is 1. The first-order valence-electron chi connectivity index (χ1n) is 3.45. The lowest BCUT2D eigenvalue weighted by Crippen LogP contribution is -2.38. The fourth-order valence-corrected chi connectivity index (χ4v) is 1.34. The maximum atomic E-state index is 10.5. The topological polar surface area (TPSA) is 137 Å². The number of anilines is 1. The van der Waals surface area contributed by atoms with Crippen molar-refractivity contribution in [1.29, 1.82) is 0 Å².